The molecule has 2 atom stereocenters. The Morgan fingerprint density at radius 3 is 2.33 bits per heavy atom. The van der Waals surface area contributed by atoms with E-state index in [1.807, 2.05) is 51.1 Å². The van der Waals surface area contributed by atoms with Gasteiger partial charge in [0.1, 0.15) is 21.8 Å². The second-order valence-corrected chi connectivity index (χ2v) is 15.0. The van der Waals surface area contributed by atoms with Crippen LogP contribution in [0.25, 0.3) is 5.69 Å². The van der Waals surface area contributed by atoms with E-state index in [4.69, 9.17) is 5.11 Å². The zero-order valence-corrected chi connectivity index (χ0v) is 27.9. The molecule has 0 saturated heterocycles. The number of benzene rings is 3. The number of halogens is 4. The first-order valence-corrected chi connectivity index (χ1v) is 16.8. The zero-order valence-electron chi connectivity index (χ0n) is 27.1. The Bertz CT molecular complexity index is 1810. The lowest BCUT2D eigenvalue weighted by Crippen LogP contribution is -2.52. The van der Waals surface area contributed by atoms with Crippen molar-refractivity contribution in [3.63, 3.8) is 0 Å². The van der Waals surface area contributed by atoms with Crippen molar-refractivity contribution in [1.29, 1.82) is 0 Å². The Morgan fingerprint density at radius 1 is 0.980 bits per heavy atom. The maximum atomic E-state index is 15.5. The van der Waals surface area contributed by atoms with Gasteiger partial charge in [-0.3, -0.25) is 4.79 Å². The quantitative estimate of drug-likeness (QED) is 0.0893. The van der Waals surface area contributed by atoms with Crippen LogP contribution in [0.1, 0.15) is 79.3 Å². The molecule has 1 aromatic heterocycles. The van der Waals surface area contributed by atoms with Gasteiger partial charge >= 0.3 is 12.3 Å². The summed E-state index contributed by atoms with van der Waals surface area (Å²) in [7, 11) is 0. The summed E-state index contributed by atoms with van der Waals surface area (Å²) in [5, 5.41) is 17.2. The van der Waals surface area contributed by atoms with Crippen LogP contribution in [0.5, 0.6) is 0 Å². The molecule has 3 aromatic carbocycles. The van der Waals surface area contributed by atoms with Crippen LogP contribution in [0.3, 0.4) is 0 Å². The smallest absolute Gasteiger partial charge is 0.435 e. The third-order valence-electron chi connectivity index (χ3n) is 8.25. The van der Waals surface area contributed by atoms with Crippen molar-refractivity contribution in [1.82, 2.24) is 19.8 Å². The van der Waals surface area contributed by atoms with Gasteiger partial charge in [0.2, 0.25) is 0 Å². The highest BCUT2D eigenvalue weighted by Gasteiger charge is 2.43. The highest BCUT2D eigenvalue weighted by atomic mass is 32.2. The third kappa shape index (κ3) is 8.61. The Labute approximate surface area is 284 Å². The fourth-order valence-electron chi connectivity index (χ4n) is 5.41. The molecule has 4 N–H and O–H groups in total. The molecule has 1 aliphatic carbocycles. The average molecular weight is 700 g/mol. The van der Waals surface area contributed by atoms with Crippen LogP contribution in [0, 0.1) is 11.7 Å². The molecule has 14 heteroatoms. The van der Waals surface area contributed by atoms with Gasteiger partial charge in [-0.2, -0.15) is 18.3 Å². The summed E-state index contributed by atoms with van der Waals surface area (Å²) in [5.41, 5.74) is -1.50. The number of nitrogens with zero attached hydrogens (tertiary/aromatic N) is 2. The molecule has 49 heavy (non-hydrogen) atoms. The first-order chi connectivity index (χ1) is 23.1. The Balaban J connectivity index is 1.56. The summed E-state index contributed by atoms with van der Waals surface area (Å²) in [5.74, 6) is -1.40. The van der Waals surface area contributed by atoms with Crippen molar-refractivity contribution >= 4 is 29.0 Å². The first kappa shape index (κ1) is 35.9. The second-order valence-electron chi connectivity index (χ2n) is 13.0. The zero-order chi connectivity index (χ0) is 35.6. The number of aromatic nitrogens is 2. The number of nitrogens with one attached hydrogen (secondary N) is 3. The van der Waals surface area contributed by atoms with Crippen molar-refractivity contribution in [3.05, 3.63) is 113 Å². The van der Waals surface area contributed by atoms with Crippen molar-refractivity contribution in [2.75, 3.05) is 5.32 Å². The minimum atomic E-state index is -4.90. The number of hydrogen-bond acceptors (Lipinski definition) is 5. The van der Waals surface area contributed by atoms with E-state index in [2.05, 4.69) is 20.5 Å². The highest BCUT2D eigenvalue weighted by Crippen LogP contribution is 2.43. The van der Waals surface area contributed by atoms with Crippen molar-refractivity contribution in [2.24, 2.45) is 5.92 Å². The number of alkyl halides is 3. The van der Waals surface area contributed by atoms with Crippen molar-refractivity contribution in [2.45, 2.75) is 69.5 Å². The molecule has 0 radical (unpaired) electrons. The summed E-state index contributed by atoms with van der Waals surface area (Å²) >= 11 is -1.58. The van der Waals surface area contributed by atoms with Gasteiger partial charge in [0, 0.05) is 24.0 Å². The summed E-state index contributed by atoms with van der Waals surface area (Å²) in [6.07, 6.45) is -2.74. The fraction of sp³-hybridized carbons (Fsp3) is 0.343. The van der Waals surface area contributed by atoms with E-state index in [9.17, 15) is 27.3 Å². The number of rotatable bonds is 12. The lowest BCUT2D eigenvalue weighted by molar-refractivity contribution is -0.141. The van der Waals surface area contributed by atoms with E-state index in [0.717, 1.165) is 29.5 Å². The standard InChI is InChI=1S/C35H37F4N5O4S/c1-33(2,3)49(48)43-34(17-16-22-12-13-22,24-9-5-4-6-10-24)25-14-15-27(36)28(19-25)41-31(45)29-20-30(35(37,38)39)42-44(29)26-11-7-8-23(18-26)21-40-32(46)47/h4-11,14-15,18-20,22,40,43H,12-13,16-17,21H2,1-3H3,(H,41,45)(H,46,47)/t34-,49-/m1/s1. The summed E-state index contributed by atoms with van der Waals surface area (Å²) in [6, 6.07) is 19.9. The van der Waals surface area contributed by atoms with Gasteiger partial charge in [-0.1, -0.05) is 61.4 Å². The van der Waals surface area contributed by atoms with Crippen LogP contribution < -0.4 is 15.4 Å². The van der Waals surface area contributed by atoms with Gasteiger partial charge in [0.05, 0.1) is 11.4 Å². The minimum absolute atomic E-state index is 0.0524. The number of carbonyl (C=O) groups is 2. The molecule has 9 nitrogen and oxygen atoms in total. The van der Waals surface area contributed by atoms with Crippen LogP contribution in [-0.4, -0.2) is 36.2 Å². The molecule has 0 bridgehead atoms. The molecule has 1 fully saturated rings. The molecule has 0 unspecified atom stereocenters. The molecule has 1 aliphatic rings. The highest BCUT2D eigenvalue weighted by molar-refractivity contribution is 7.90. The van der Waals surface area contributed by atoms with Gasteiger partial charge in [0.25, 0.3) is 5.91 Å². The summed E-state index contributed by atoms with van der Waals surface area (Å²) in [4.78, 5) is 24.7. The van der Waals surface area contributed by atoms with Crippen molar-refractivity contribution in [3.8, 4) is 5.69 Å². The van der Waals surface area contributed by atoms with Crippen molar-refractivity contribution < 1.29 is 36.8 Å². The van der Waals surface area contributed by atoms with Gasteiger partial charge in [-0.15, -0.1) is 4.72 Å². The predicted molar refractivity (Wildman–Crippen MR) is 178 cm³/mol. The van der Waals surface area contributed by atoms with E-state index in [-0.39, 0.29) is 17.9 Å². The molecule has 4 aromatic rings. The monoisotopic (exact) mass is 699 g/mol. The molecule has 0 spiro atoms. The normalized spacial score (nSPS) is 15.3. The molecule has 0 aliphatic heterocycles. The van der Waals surface area contributed by atoms with Crippen LogP contribution in [-0.2, 0) is 29.6 Å². The van der Waals surface area contributed by atoms with Crippen LogP contribution >= 0.6 is 0 Å². The molecule has 2 amide bonds. The van der Waals surface area contributed by atoms with Gasteiger partial charge in [-0.25, -0.2) is 13.9 Å². The Kier molecular flexibility index (Phi) is 10.4. The van der Waals surface area contributed by atoms with Gasteiger partial charge in [0.15, 0.2) is 5.69 Å². The topological polar surface area (TPSA) is 131 Å². The van der Waals surface area contributed by atoms with E-state index < -0.39 is 57.0 Å². The summed E-state index contributed by atoms with van der Waals surface area (Å²) in [6.45, 7) is 5.35. The second kappa shape index (κ2) is 14.2. The van der Waals surface area contributed by atoms with Gasteiger partial charge < -0.3 is 20.3 Å². The Hall–Kier alpha value is -4.40. The number of anilines is 1. The molecule has 1 saturated carbocycles. The minimum Gasteiger partial charge on any atom is -0.598 e. The summed E-state index contributed by atoms with van der Waals surface area (Å²) < 4.78 is 74.1. The number of hydrogen-bond donors (Lipinski definition) is 4. The van der Waals surface area contributed by atoms with Crippen LogP contribution in [0.15, 0.2) is 78.9 Å². The third-order valence-corrected chi connectivity index (χ3v) is 9.90. The van der Waals surface area contributed by atoms with E-state index >= 15 is 4.39 Å². The van der Waals surface area contributed by atoms with Crippen LogP contribution in [0.4, 0.5) is 28.0 Å². The molecular weight excluding hydrogens is 662 g/mol. The maximum absolute atomic E-state index is 15.5. The van der Waals surface area contributed by atoms with E-state index in [1.54, 1.807) is 12.1 Å². The number of carbonyl (C=O) groups excluding carboxylic acids is 1. The first-order valence-electron chi connectivity index (χ1n) is 15.7. The molecular formula is C35H37F4N5O4S. The molecule has 260 valence electrons. The van der Waals surface area contributed by atoms with Crippen LogP contribution in [0.2, 0.25) is 0 Å². The molecule has 5 rings (SSSR count). The maximum Gasteiger partial charge on any atom is 0.435 e. The SMILES string of the molecule is CC(C)(C)[S@@+]([O-])N[C@](CCC1CC1)(c1ccccc1)c1ccc(F)c(NC(=O)c2cc(C(F)(F)F)nn2-c2cccc(CNC(=O)O)c2)c1. The lowest BCUT2D eigenvalue weighted by Gasteiger charge is -2.39. The largest absolute Gasteiger partial charge is 0.598 e. The Morgan fingerprint density at radius 2 is 1.69 bits per heavy atom. The van der Waals surface area contributed by atoms with Gasteiger partial charge in [-0.05, 0) is 80.5 Å². The fourth-order valence-corrected chi connectivity index (χ4v) is 6.37. The average Bonchev–Trinajstić information content (AvgIpc) is 3.76. The number of amides is 2. The molecule has 1 heterocycles. The predicted octanol–water partition coefficient (Wildman–Crippen LogP) is 7.54. The van der Waals surface area contributed by atoms with E-state index in [0.29, 0.717) is 29.5 Å². The van der Waals surface area contributed by atoms with E-state index in [1.165, 1.54) is 30.3 Å². The lowest BCUT2D eigenvalue weighted by atomic mass is 9.79. The number of carboxylic acid groups (broad SMARTS) is 1.